The first-order chi connectivity index (χ1) is 15.8. The highest BCUT2D eigenvalue weighted by molar-refractivity contribution is 5.89. The number of aliphatic hydroxyl groups is 5. The highest BCUT2D eigenvalue weighted by Crippen LogP contribution is 2.41. The maximum atomic E-state index is 12.3. The van der Waals surface area contributed by atoms with E-state index in [9.17, 15) is 35.4 Å². The van der Waals surface area contributed by atoms with Gasteiger partial charge in [0.25, 0.3) is 0 Å². The molecule has 4 rings (SSSR count). The van der Waals surface area contributed by atoms with Gasteiger partial charge in [-0.05, 0) is 35.9 Å². The van der Waals surface area contributed by atoms with Crippen LogP contribution in [-0.2, 0) is 18.9 Å². The summed E-state index contributed by atoms with van der Waals surface area (Å²) in [5.41, 5.74) is 0.746. The van der Waals surface area contributed by atoms with Crippen molar-refractivity contribution < 1.29 is 54.4 Å². The molecule has 1 saturated heterocycles. The zero-order chi connectivity index (χ0) is 23.7. The molecule has 1 aliphatic carbocycles. The second-order valence-corrected chi connectivity index (χ2v) is 8.12. The molecule has 11 nitrogen and oxygen atoms in total. The first-order valence-electron chi connectivity index (χ1n) is 10.4. The molecular weight excluding hydrogens is 440 g/mol. The van der Waals surface area contributed by atoms with Gasteiger partial charge in [0.15, 0.2) is 6.29 Å². The molecule has 2 aliphatic heterocycles. The van der Waals surface area contributed by atoms with E-state index >= 15 is 0 Å². The van der Waals surface area contributed by atoms with E-state index in [4.69, 9.17) is 18.9 Å². The van der Waals surface area contributed by atoms with Crippen LogP contribution in [0, 0.1) is 11.8 Å². The van der Waals surface area contributed by atoms with E-state index in [0.29, 0.717) is 5.57 Å². The highest BCUT2D eigenvalue weighted by Gasteiger charge is 2.49. The number of carbonyl (C=O) groups excluding carboxylic acids is 1. The van der Waals surface area contributed by atoms with E-state index in [1.54, 1.807) is 6.08 Å². The normalized spacial score (nSPS) is 37.7. The Morgan fingerprint density at radius 1 is 1.00 bits per heavy atom. The molecule has 2 unspecified atom stereocenters. The lowest BCUT2D eigenvalue weighted by molar-refractivity contribution is -0.339. The van der Waals surface area contributed by atoms with Crippen molar-refractivity contribution in [2.45, 2.75) is 43.1 Å². The van der Waals surface area contributed by atoms with Crippen molar-refractivity contribution in [1.82, 2.24) is 0 Å². The Kier molecular flexibility index (Phi) is 7.00. The van der Waals surface area contributed by atoms with Gasteiger partial charge in [0, 0.05) is 5.92 Å². The number of phenolic OH excluding ortho intramolecular Hbond substituents is 1. The molecule has 0 amide bonds. The fourth-order valence-electron chi connectivity index (χ4n) is 4.19. The van der Waals surface area contributed by atoms with E-state index in [0.717, 1.165) is 0 Å². The SMILES string of the molecule is O=C(OCC1=C[C@@H](O)[C@@H]2C=CO[C@@H](O[C@@H]3OC(CO)[C@@H](O)[C@@H](O)C3O)[C@H]12)c1ccc(O)cc1. The number of fused-ring (bicyclic) bond motifs is 1. The van der Waals surface area contributed by atoms with Gasteiger partial charge in [0.2, 0.25) is 6.29 Å². The minimum Gasteiger partial charge on any atom is -0.508 e. The second kappa shape index (κ2) is 9.77. The van der Waals surface area contributed by atoms with Crippen LogP contribution < -0.4 is 0 Å². The van der Waals surface area contributed by atoms with Gasteiger partial charge < -0.3 is 49.6 Å². The van der Waals surface area contributed by atoms with E-state index in [-0.39, 0.29) is 17.9 Å². The minimum atomic E-state index is -1.62. The van der Waals surface area contributed by atoms with Gasteiger partial charge in [-0.15, -0.1) is 0 Å². The molecule has 0 aromatic heterocycles. The summed E-state index contributed by atoms with van der Waals surface area (Å²) in [4.78, 5) is 12.3. The minimum absolute atomic E-state index is 0.00957. The van der Waals surface area contributed by atoms with Crippen LogP contribution in [-0.4, -0.2) is 92.9 Å². The molecule has 1 aromatic carbocycles. The van der Waals surface area contributed by atoms with Crippen molar-refractivity contribution in [2.24, 2.45) is 11.8 Å². The average molecular weight is 466 g/mol. The van der Waals surface area contributed by atoms with Crippen LogP contribution in [0.4, 0.5) is 0 Å². The summed E-state index contributed by atoms with van der Waals surface area (Å²) in [5.74, 6) is -1.69. The van der Waals surface area contributed by atoms with E-state index in [2.05, 4.69) is 0 Å². The maximum Gasteiger partial charge on any atom is 0.338 e. The predicted molar refractivity (Wildman–Crippen MR) is 108 cm³/mol. The zero-order valence-electron chi connectivity index (χ0n) is 17.4. The van der Waals surface area contributed by atoms with Crippen molar-refractivity contribution in [3.05, 3.63) is 53.8 Å². The topological polar surface area (TPSA) is 175 Å². The Morgan fingerprint density at radius 3 is 2.42 bits per heavy atom. The molecule has 1 aromatic rings. The Balaban J connectivity index is 1.45. The third kappa shape index (κ3) is 4.75. The van der Waals surface area contributed by atoms with Crippen molar-refractivity contribution in [3.63, 3.8) is 0 Å². The van der Waals surface area contributed by atoms with Crippen LogP contribution in [0.5, 0.6) is 5.75 Å². The van der Waals surface area contributed by atoms with Gasteiger partial charge in [-0.1, -0.05) is 6.08 Å². The Bertz CT molecular complexity index is 896. The summed E-state index contributed by atoms with van der Waals surface area (Å²) in [5, 5.41) is 59.4. The first-order valence-corrected chi connectivity index (χ1v) is 10.4. The largest absolute Gasteiger partial charge is 0.508 e. The van der Waals surface area contributed by atoms with Gasteiger partial charge in [-0.2, -0.15) is 0 Å². The van der Waals surface area contributed by atoms with Crippen molar-refractivity contribution in [2.75, 3.05) is 13.2 Å². The zero-order valence-corrected chi connectivity index (χ0v) is 17.4. The summed E-state index contributed by atoms with van der Waals surface area (Å²) in [6.07, 6.45) is -4.86. The number of esters is 1. The number of rotatable bonds is 6. The lowest BCUT2D eigenvalue weighted by atomic mass is 9.88. The fraction of sp³-hybridized carbons (Fsp3) is 0.500. The Labute approximate surface area is 188 Å². The molecule has 1 fully saturated rings. The van der Waals surface area contributed by atoms with Crippen molar-refractivity contribution in [1.29, 1.82) is 0 Å². The summed E-state index contributed by atoms with van der Waals surface area (Å²) in [6, 6.07) is 5.54. The van der Waals surface area contributed by atoms with Crippen LogP contribution in [0.3, 0.4) is 0 Å². The maximum absolute atomic E-state index is 12.3. The number of aliphatic hydroxyl groups excluding tert-OH is 5. The Morgan fingerprint density at radius 2 is 1.73 bits per heavy atom. The van der Waals surface area contributed by atoms with Gasteiger partial charge in [-0.25, -0.2) is 4.79 Å². The third-order valence-electron chi connectivity index (χ3n) is 6.02. The summed E-state index contributed by atoms with van der Waals surface area (Å²) >= 11 is 0. The molecule has 0 spiro atoms. The number of phenols is 1. The average Bonchev–Trinajstić information content (AvgIpc) is 3.14. The van der Waals surface area contributed by atoms with E-state index < -0.39 is 67.5 Å². The standard InChI is InChI=1S/C22H26O11/c23-8-15-17(26)18(27)19(28)22(32-15)33-21-16-11(7-14(25)13(16)5-6-30-21)9-31-20(29)10-1-3-12(24)4-2-10/h1-7,13-19,21-28H,8-9H2/t13-,14+,15?,16+,17+,18+,19?,21-,22-/m0/s1. The van der Waals surface area contributed by atoms with Crippen molar-refractivity contribution >= 4 is 5.97 Å². The number of ether oxygens (including phenoxy) is 4. The summed E-state index contributed by atoms with van der Waals surface area (Å²) in [7, 11) is 0. The first kappa shape index (κ1) is 23.6. The summed E-state index contributed by atoms with van der Waals surface area (Å²) < 4.78 is 22.0. The number of benzene rings is 1. The molecular formula is C22H26O11. The van der Waals surface area contributed by atoms with Gasteiger partial charge in [0.05, 0.1) is 30.5 Å². The predicted octanol–water partition coefficient (Wildman–Crippen LogP) is -1.23. The van der Waals surface area contributed by atoms with Crippen LogP contribution in [0.1, 0.15) is 10.4 Å². The molecule has 2 heterocycles. The lowest BCUT2D eigenvalue weighted by Gasteiger charge is -2.42. The van der Waals surface area contributed by atoms with Gasteiger partial charge in [0.1, 0.15) is 36.8 Å². The molecule has 9 atom stereocenters. The third-order valence-corrected chi connectivity index (χ3v) is 6.02. The van der Waals surface area contributed by atoms with Crippen LogP contribution in [0.25, 0.3) is 0 Å². The van der Waals surface area contributed by atoms with Crippen LogP contribution >= 0.6 is 0 Å². The molecule has 0 radical (unpaired) electrons. The van der Waals surface area contributed by atoms with Crippen LogP contribution in [0.15, 0.2) is 48.3 Å². The molecule has 3 aliphatic rings. The quantitative estimate of drug-likeness (QED) is 0.219. The molecule has 11 heteroatoms. The molecule has 180 valence electrons. The van der Waals surface area contributed by atoms with Gasteiger partial charge in [-0.3, -0.25) is 0 Å². The Hall–Kier alpha value is -2.51. The van der Waals surface area contributed by atoms with E-state index in [1.165, 1.54) is 36.6 Å². The van der Waals surface area contributed by atoms with Crippen LogP contribution in [0.2, 0.25) is 0 Å². The highest BCUT2D eigenvalue weighted by atomic mass is 16.8. The lowest BCUT2D eigenvalue weighted by Crippen LogP contribution is -2.60. The van der Waals surface area contributed by atoms with Gasteiger partial charge >= 0.3 is 5.97 Å². The molecule has 6 N–H and O–H groups in total. The monoisotopic (exact) mass is 466 g/mol. The fourth-order valence-corrected chi connectivity index (χ4v) is 4.19. The molecule has 0 bridgehead atoms. The second-order valence-electron chi connectivity index (χ2n) is 8.12. The summed E-state index contributed by atoms with van der Waals surface area (Å²) in [6.45, 7) is -0.789. The smallest absolute Gasteiger partial charge is 0.338 e. The molecule has 0 saturated carbocycles. The van der Waals surface area contributed by atoms with E-state index in [1.807, 2.05) is 0 Å². The number of carbonyl (C=O) groups is 1. The number of hydrogen-bond donors (Lipinski definition) is 6. The number of aromatic hydroxyl groups is 1. The van der Waals surface area contributed by atoms with Crippen molar-refractivity contribution in [3.8, 4) is 5.75 Å². The number of hydrogen-bond acceptors (Lipinski definition) is 11. The molecule has 33 heavy (non-hydrogen) atoms.